The highest BCUT2D eigenvalue weighted by Gasteiger charge is 2.40. The van der Waals surface area contributed by atoms with Gasteiger partial charge in [-0.15, -0.1) is 0 Å². The molecule has 0 radical (unpaired) electrons. The van der Waals surface area contributed by atoms with Gasteiger partial charge in [0.05, 0.1) is 33.7 Å². The molecular formula is C33H41N5O3SSi. The van der Waals surface area contributed by atoms with Crippen LogP contribution in [0, 0.1) is 18.3 Å². The van der Waals surface area contributed by atoms with Crippen molar-refractivity contribution in [2.45, 2.75) is 76.8 Å². The molecule has 226 valence electrons. The van der Waals surface area contributed by atoms with Crippen LogP contribution in [-0.2, 0) is 27.0 Å². The van der Waals surface area contributed by atoms with Crippen LogP contribution in [-0.4, -0.2) is 41.4 Å². The van der Waals surface area contributed by atoms with Crippen LogP contribution in [0.15, 0.2) is 66.4 Å². The summed E-state index contributed by atoms with van der Waals surface area (Å²) in [5.74, 6) is 0.578. The first-order valence-corrected chi connectivity index (χ1v) is 19.7. The Morgan fingerprint density at radius 2 is 1.93 bits per heavy atom. The lowest BCUT2D eigenvalue weighted by Gasteiger charge is -2.29. The highest BCUT2D eigenvalue weighted by Crippen LogP contribution is 2.38. The van der Waals surface area contributed by atoms with Crippen molar-refractivity contribution >= 4 is 40.0 Å². The monoisotopic (exact) mass is 615 g/mol. The average Bonchev–Trinajstić information content (AvgIpc) is 3.53. The third kappa shape index (κ3) is 5.51. The molecular weight excluding hydrogens is 575 g/mol. The lowest BCUT2D eigenvalue weighted by molar-refractivity contribution is 0.0861. The molecule has 2 unspecified atom stereocenters. The summed E-state index contributed by atoms with van der Waals surface area (Å²) in [7, 11) is -5.10. The fraction of sp³-hybridized carbons (Fsp3) is 0.394. The fourth-order valence-corrected chi connectivity index (χ4v) is 8.45. The third-order valence-electron chi connectivity index (χ3n) is 8.42. The number of nitrogens with zero attached hydrogens (tertiary/aromatic N) is 4. The van der Waals surface area contributed by atoms with Crippen molar-refractivity contribution in [3.63, 3.8) is 0 Å². The Hall–Kier alpha value is -3.49. The van der Waals surface area contributed by atoms with Gasteiger partial charge in [-0.25, -0.2) is 17.4 Å². The molecule has 43 heavy (non-hydrogen) atoms. The summed E-state index contributed by atoms with van der Waals surface area (Å²) in [5, 5.41) is 10.3. The second-order valence-corrected chi connectivity index (χ2v) is 21.2. The molecule has 1 aliphatic carbocycles. The highest BCUT2D eigenvalue weighted by atomic mass is 32.2. The summed E-state index contributed by atoms with van der Waals surface area (Å²) < 4.78 is 36.8. The molecule has 0 amide bonds. The van der Waals surface area contributed by atoms with Gasteiger partial charge in [0.1, 0.15) is 17.3 Å². The summed E-state index contributed by atoms with van der Waals surface area (Å²) in [4.78, 5) is 4.95. The summed E-state index contributed by atoms with van der Waals surface area (Å²) in [6.45, 7) is 15.3. The predicted molar refractivity (Wildman–Crippen MR) is 176 cm³/mol. The molecule has 2 aromatic heterocycles. The molecule has 5 rings (SSSR count). The number of nitrogens with two attached hydrogens (primary N) is 1. The Morgan fingerprint density at radius 1 is 1.19 bits per heavy atom. The van der Waals surface area contributed by atoms with E-state index < -0.39 is 28.4 Å². The topological polar surface area (TPSA) is 116 Å². The molecule has 2 atom stereocenters. The van der Waals surface area contributed by atoms with Crippen molar-refractivity contribution < 1.29 is 13.2 Å². The lowest BCUT2D eigenvalue weighted by atomic mass is 9.88. The quantitative estimate of drug-likeness (QED) is 0.169. The van der Waals surface area contributed by atoms with Crippen LogP contribution in [0.25, 0.3) is 21.9 Å². The van der Waals surface area contributed by atoms with E-state index in [1.165, 1.54) is 3.97 Å². The molecule has 2 aromatic carbocycles. The first-order valence-electron chi connectivity index (χ1n) is 14.6. The first kappa shape index (κ1) is 30.9. The minimum Gasteiger partial charge on any atom is -0.361 e. The molecule has 0 spiro atoms. The molecule has 8 nitrogen and oxygen atoms in total. The average molecular weight is 616 g/mol. The van der Waals surface area contributed by atoms with Gasteiger partial charge >= 0.3 is 0 Å². The van der Waals surface area contributed by atoms with Crippen LogP contribution < -0.4 is 5.73 Å². The number of fused-ring (bicyclic) bond motifs is 2. The smallest absolute Gasteiger partial charge is 0.248 e. The standard InChI is InChI=1S/C33H41N5O3SSi/c1-23-9-8-15-32(3,20-23)42(39,40)38-16-14-26-27(12-10-24(2)30(26)38)33(4,35)31-36-28-19-25(21-34)11-13-29(28)37(31)22-41-17-18-43(5,6)7/h8-14,16,19-20H,15,17-18,22,35H2,1-7H3. The Labute approximate surface area is 255 Å². The zero-order chi connectivity index (χ0) is 31.4. The summed E-state index contributed by atoms with van der Waals surface area (Å²) in [6.07, 6.45) is 7.74. The minimum atomic E-state index is -3.81. The normalized spacial score (nSPS) is 19.0. The van der Waals surface area contributed by atoms with Gasteiger partial charge in [0.15, 0.2) is 0 Å². The third-order valence-corrected chi connectivity index (χ3v) is 12.4. The first-order chi connectivity index (χ1) is 20.1. The van der Waals surface area contributed by atoms with E-state index in [2.05, 4.69) is 25.7 Å². The number of ether oxygens (including phenoxy) is 1. The Kier molecular flexibility index (Phi) is 7.84. The maximum Gasteiger partial charge on any atom is 0.248 e. The van der Waals surface area contributed by atoms with E-state index in [0.29, 0.717) is 35.4 Å². The van der Waals surface area contributed by atoms with E-state index in [-0.39, 0.29) is 6.73 Å². The van der Waals surface area contributed by atoms with Gasteiger partial charge in [0, 0.05) is 26.3 Å². The predicted octanol–water partition coefficient (Wildman–Crippen LogP) is 6.55. The molecule has 0 fully saturated rings. The van der Waals surface area contributed by atoms with Gasteiger partial charge in [-0.05, 0) is 75.6 Å². The van der Waals surface area contributed by atoms with Crippen molar-refractivity contribution in [1.29, 1.82) is 5.26 Å². The number of aryl methyl sites for hydroxylation is 1. The van der Waals surface area contributed by atoms with E-state index in [1.807, 2.05) is 67.8 Å². The SMILES string of the molecule is CC1=CC(C)(S(=O)(=O)n2ccc3c(C(C)(N)c4nc5cc(C#N)ccc5n4COCC[Si](C)(C)C)ccc(C)c32)CC=C1. The van der Waals surface area contributed by atoms with Crippen LogP contribution in [0.4, 0.5) is 0 Å². The number of hydrogen-bond donors (Lipinski definition) is 1. The number of rotatable bonds is 9. The molecule has 0 aliphatic heterocycles. The lowest BCUT2D eigenvalue weighted by Crippen LogP contribution is -2.39. The largest absolute Gasteiger partial charge is 0.361 e. The molecule has 0 saturated carbocycles. The van der Waals surface area contributed by atoms with Gasteiger partial charge in [-0.2, -0.15) is 5.26 Å². The molecule has 0 saturated heterocycles. The molecule has 4 aromatic rings. The van der Waals surface area contributed by atoms with Crippen LogP contribution in [0.3, 0.4) is 0 Å². The molecule has 2 heterocycles. The number of imidazole rings is 1. The van der Waals surface area contributed by atoms with Gasteiger partial charge in [0.2, 0.25) is 10.0 Å². The van der Waals surface area contributed by atoms with E-state index in [4.69, 9.17) is 15.5 Å². The zero-order valence-corrected chi connectivity index (χ0v) is 27.9. The summed E-state index contributed by atoms with van der Waals surface area (Å²) in [6, 6.07) is 14.3. The van der Waals surface area contributed by atoms with Gasteiger partial charge in [-0.3, -0.25) is 0 Å². The van der Waals surface area contributed by atoms with E-state index in [0.717, 1.165) is 33.6 Å². The maximum atomic E-state index is 14.2. The molecule has 10 heteroatoms. The molecule has 1 aliphatic rings. The zero-order valence-electron chi connectivity index (χ0n) is 26.1. The van der Waals surface area contributed by atoms with Crippen molar-refractivity contribution in [3.05, 3.63) is 88.9 Å². The fourth-order valence-electron chi connectivity index (χ4n) is 5.90. The van der Waals surface area contributed by atoms with Crippen LogP contribution in [0.5, 0.6) is 0 Å². The summed E-state index contributed by atoms with van der Waals surface area (Å²) in [5.41, 5.74) is 11.2. The van der Waals surface area contributed by atoms with E-state index in [1.54, 1.807) is 25.3 Å². The number of allylic oxidation sites excluding steroid dienone is 3. The number of hydrogen-bond acceptors (Lipinski definition) is 6. The highest BCUT2D eigenvalue weighted by molar-refractivity contribution is 7.91. The van der Waals surface area contributed by atoms with E-state index in [9.17, 15) is 13.7 Å². The van der Waals surface area contributed by atoms with Gasteiger partial charge < -0.3 is 15.0 Å². The maximum absolute atomic E-state index is 14.2. The van der Waals surface area contributed by atoms with Crippen molar-refractivity contribution in [2.24, 2.45) is 5.73 Å². The number of benzene rings is 2. The van der Waals surface area contributed by atoms with Crippen molar-refractivity contribution in [1.82, 2.24) is 13.5 Å². The second-order valence-electron chi connectivity index (χ2n) is 13.3. The summed E-state index contributed by atoms with van der Waals surface area (Å²) >= 11 is 0. The Balaban J connectivity index is 1.65. The Morgan fingerprint density at radius 3 is 2.60 bits per heavy atom. The van der Waals surface area contributed by atoms with Gasteiger partial charge in [-0.1, -0.05) is 55.6 Å². The minimum absolute atomic E-state index is 0.261. The van der Waals surface area contributed by atoms with Crippen molar-refractivity contribution in [2.75, 3.05) is 6.61 Å². The molecule has 0 bridgehead atoms. The van der Waals surface area contributed by atoms with Crippen LogP contribution >= 0.6 is 0 Å². The van der Waals surface area contributed by atoms with E-state index >= 15 is 0 Å². The Bertz CT molecular complexity index is 1940. The molecule has 2 N–H and O–H groups in total. The van der Waals surface area contributed by atoms with Crippen LogP contribution in [0.1, 0.15) is 49.7 Å². The van der Waals surface area contributed by atoms with Crippen LogP contribution in [0.2, 0.25) is 25.7 Å². The number of aromatic nitrogens is 3. The number of nitriles is 1. The second kappa shape index (κ2) is 10.9. The van der Waals surface area contributed by atoms with Gasteiger partial charge in [0.25, 0.3) is 0 Å². The van der Waals surface area contributed by atoms with Crippen molar-refractivity contribution in [3.8, 4) is 6.07 Å².